The smallest absolute Gasteiger partial charge is 0.0480 e. The molecule has 1 N–H and O–H groups in total. The molecule has 2 heteroatoms. The van der Waals surface area contributed by atoms with E-state index in [0.29, 0.717) is 6.04 Å². The van der Waals surface area contributed by atoms with Gasteiger partial charge in [0.2, 0.25) is 0 Å². The third-order valence-electron chi connectivity index (χ3n) is 4.92. The molecule has 0 aromatic heterocycles. The number of ether oxygens (including phenoxy) is 1. The molecule has 0 spiro atoms. The Bertz CT molecular complexity index is 376. The van der Waals surface area contributed by atoms with E-state index in [9.17, 15) is 0 Å². The van der Waals surface area contributed by atoms with Gasteiger partial charge >= 0.3 is 0 Å². The molecule has 1 aliphatic carbocycles. The molecule has 0 amide bonds. The summed E-state index contributed by atoms with van der Waals surface area (Å²) >= 11 is 0. The van der Waals surface area contributed by atoms with Crippen molar-refractivity contribution in [3.8, 4) is 0 Å². The van der Waals surface area contributed by atoms with Gasteiger partial charge < -0.3 is 10.1 Å². The zero-order valence-electron chi connectivity index (χ0n) is 12.4. The van der Waals surface area contributed by atoms with Crippen LogP contribution in [0.3, 0.4) is 0 Å². The van der Waals surface area contributed by atoms with Gasteiger partial charge in [-0.2, -0.15) is 0 Å². The Morgan fingerprint density at radius 2 is 1.55 bits per heavy atom. The SMILES string of the molecule is c1ccc(C2CCC(NC3CCCOCC3)CC2)cc1. The van der Waals surface area contributed by atoms with E-state index in [1.54, 1.807) is 0 Å². The first-order valence-electron chi connectivity index (χ1n) is 8.30. The second kappa shape index (κ2) is 7.24. The van der Waals surface area contributed by atoms with Crippen molar-refractivity contribution in [3.63, 3.8) is 0 Å². The molecule has 3 rings (SSSR count). The van der Waals surface area contributed by atoms with E-state index < -0.39 is 0 Å². The lowest BCUT2D eigenvalue weighted by Gasteiger charge is -2.32. The summed E-state index contributed by atoms with van der Waals surface area (Å²) < 4.78 is 5.55. The van der Waals surface area contributed by atoms with Gasteiger partial charge in [-0.3, -0.25) is 0 Å². The predicted molar refractivity (Wildman–Crippen MR) is 83.0 cm³/mol. The van der Waals surface area contributed by atoms with Gasteiger partial charge in [0, 0.05) is 25.3 Å². The van der Waals surface area contributed by atoms with Gasteiger partial charge in [-0.25, -0.2) is 0 Å². The highest BCUT2D eigenvalue weighted by Crippen LogP contribution is 2.33. The van der Waals surface area contributed by atoms with Crippen molar-refractivity contribution in [2.45, 2.75) is 62.9 Å². The molecule has 1 saturated heterocycles. The van der Waals surface area contributed by atoms with Crippen molar-refractivity contribution in [1.29, 1.82) is 0 Å². The van der Waals surface area contributed by atoms with Crippen LogP contribution in [0.15, 0.2) is 30.3 Å². The van der Waals surface area contributed by atoms with Crippen LogP contribution in [0.5, 0.6) is 0 Å². The first-order chi connectivity index (χ1) is 9.92. The van der Waals surface area contributed by atoms with Crippen LogP contribution in [-0.2, 0) is 4.74 Å². The Morgan fingerprint density at radius 3 is 2.35 bits per heavy atom. The Morgan fingerprint density at radius 1 is 0.800 bits per heavy atom. The maximum Gasteiger partial charge on any atom is 0.0480 e. The van der Waals surface area contributed by atoms with E-state index in [1.165, 1.54) is 50.5 Å². The lowest BCUT2D eigenvalue weighted by molar-refractivity contribution is 0.142. The van der Waals surface area contributed by atoms with Gasteiger partial charge in [-0.05, 0) is 56.4 Å². The molecule has 2 fully saturated rings. The summed E-state index contributed by atoms with van der Waals surface area (Å²) in [6.07, 6.45) is 9.04. The summed E-state index contributed by atoms with van der Waals surface area (Å²) in [6.45, 7) is 1.90. The van der Waals surface area contributed by atoms with E-state index >= 15 is 0 Å². The molecule has 1 aliphatic heterocycles. The van der Waals surface area contributed by atoms with Gasteiger partial charge in [0.05, 0.1) is 0 Å². The van der Waals surface area contributed by atoms with Crippen molar-refractivity contribution in [3.05, 3.63) is 35.9 Å². The fourth-order valence-electron chi connectivity index (χ4n) is 3.72. The van der Waals surface area contributed by atoms with E-state index in [0.717, 1.165) is 25.2 Å². The number of hydrogen-bond donors (Lipinski definition) is 1. The third kappa shape index (κ3) is 3.83. The molecule has 0 bridgehead atoms. The Kier molecular flexibility index (Phi) is 5.10. The lowest BCUT2D eigenvalue weighted by Crippen LogP contribution is -2.40. The first kappa shape index (κ1) is 14.1. The molecule has 20 heavy (non-hydrogen) atoms. The highest BCUT2D eigenvalue weighted by Gasteiger charge is 2.24. The summed E-state index contributed by atoms with van der Waals surface area (Å²) in [4.78, 5) is 0. The molecule has 110 valence electrons. The Balaban J connectivity index is 1.46. The first-order valence-corrected chi connectivity index (χ1v) is 8.30. The lowest BCUT2D eigenvalue weighted by atomic mass is 9.81. The summed E-state index contributed by atoms with van der Waals surface area (Å²) in [5.41, 5.74) is 1.54. The summed E-state index contributed by atoms with van der Waals surface area (Å²) in [7, 11) is 0. The van der Waals surface area contributed by atoms with Crippen LogP contribution < -0.4 is 5.32 Å². The molecule has 1 aromatic rings. The minimum Gasteiger partial charge on any atom is -0.381 e. The summed E-state index contributed by atoms with van der Waals surface area (Å²) in [5, 5.41) is 3.89. The minimum absolute atomic E-state index is 0.691. The van der Waals surface area contributed by atoms with Crippen LogP contribution in [0.4, 0.5) is 0 Å². The maximum atomic E-state index is 5.55. The van der Waals surface area contributed by atoms with Gasteiger partial charge in [0.25, 0.3) is 0 Å². The van der Waals surface area contributed by atoms with Crippen LogP contribution in [0.1, 0.15) is 56.4 Å². The van der Waals surface area contributed by atoms with E-state index in [1.807, 2.05) is 0 Å². The molecule has 0 radical (unpaired) electrons. The molecular formula is C18H27NO. The summed E-state index contributed by atoms with van der Waals surface area (Å²) in [6, 6.07) is 12.5. The average Bonchev–Trinajstić information content (AvgIpc) is 2.78. The average molecular weight is 273 g/mol. The molecule has 1 heterocycles. The summed E-state index contributed by atoms with van der Waals surface area (Å²) in [5.74, 6) is 0.784. The second-order valence-corrected chi connectivity index (χ2v) is 6.37. The Hall–Kier alpha value is -0.860. The van der Waals surface area contributed by atoms with E-state index in [4.69, 9.17) is 4.74 Å². The zero-order chi connectivity index (χ0) is 13.6. The van der Waals surface area contributed by atoms with Crippen LogP contribution in [0, 0.1) is 0 Å². The van der Waals surface area contributed by atoms with Crippen molar-refractivity contribution in [2.24, 2.45) is 0 Å². The highest BCUT2D eigenvalue weighted by atomic mass is 16.5. The molecule has 1 saturated carbocycles. The highest BCUT2D eigenvalue weighted by molar-refractivity contribution is 5.20. The second-order valence-electron chi connectivity index (χ2n) is 6.37. The minimum atomic E-state index is 0.691. The van der Waals surface area contributed by atoms with Gasteiger partial charge in [0.1, 0.15) is 0 Å². The largest absolute Gasteiger partial charge is 0.381 e. The molecule has 2 aliphatic rings. The normalized spacial score (nSPS) is 31.7. The van der Waals surface area contributed by atoms with Crippen LogP contribution >= 0.6 is 0 Å². The molecule has 1 aromatic carbocycles. The fraction of sp³-hybridized carbons (Fsp3) is 0.667. The topological polar surface area (TPSA) is 21.3 Å². The van der Waals surface area contributed by atoms with Crippen molar-refractivity contribution in [1.82, 2.24) is 5.32 Å². The Labute approximate surface area is 122 Å². The number of rotatable bonds is 3. The predicted octanol–water partition coefficient (Wildman–Crippen LogP) is 3.87. The van der Waals surface area contributed by atoms with Crippen LogP contribution in [0.25, 0.3) is 0 Å². The number of nitrogens with one attached hydrogen (secondary N) is 1. The maximum absolute atomic E-state index is 5.55. The van der Waals surface area contributed by atoms with E-state index in [-0.39, 0.29) is 0 Å². The monoisotopic (exact) mass is 273 g/mol. The molecule has 1 unspecified atom stereocenters. The zero-order valence-corrected chi connectivity index (χ0v) is 12.4. The standard InChI is InChI=1S/C18H27NO/c1-2-5-15(6-3-1)16-8-10-18(11-9-16)19-17-7-4-13-20-14-12-17/h1-3,5-6,16-19H,4,7-14H2. The molecule has 2 nitrogen and oxygen atoms in total. The van der Waals surface area contributed by atoms with Crippen LogP contribution in [-0.4, -0.2) is 25.3 Å². The van der Waals surface area contributed by atoms with Crippen molar-refractivity contribution >= 4 is 0 Å². The molecular weight excluding hydrogens is 246 g/mol. The molecule has 1 atom stereocenters. The van der Waals surface area contributed by atoms with Crippen LogP contribution in [0.2, 0.25) is 0 Å². The van der Waals surface area contributed by atoms with Crippen molar-refractivity contribution < 1.29 is 4.74 Å². The van der Waals surface area contributed by atoms with Crippen molar-refractivity contribution in [2.75, 3.05) is 13.2 Å². The fourth-order valence-corrected chi connectivity index (χ4v) is 3.72. The number of benzene rings is 1. The van der Waals surface area contributed by atoms with E-state index in [2.05, 4.69) is 35.6 Å². The third-order valence-corrected chi connectivity index (χ3v) is 4.92. The van der Waals surface area contributed by atoms with Gasteiger partial charge in [-0.15, -0.1) is 0 Å². The number of hydrogen-bond acceptors (Lipinski definition) is 2. The van der Waals surface area contributed by atoms with Gasteiger partial charge in [0.15, 0.2) is 0 Å². The quantitative estimate of drug-likeness (QED) is 0.902. The van der Waals surface area contributed by atoms with Gasteiger partial charge in [-0.1, -0.05) is 30.3 Å².